The van der Waals surface area contributed by atoms with Crippen LogP contribution in [0.5, 0.6) is 5.75 Å². The summed E-state index contributed by atoms with van der Waals surface area (Å²) in [7, 11) is 0. The second kappa shape index (κ2) is 7.42. The van der Waals surface area contributed by atoms with Crippen molar-refractivity contribution in [2.75, 3.05) is 0 Å². The van der Waals surface area contributed by atoms with Gasteiger partial charge in [-0.25, -0.2) is 0 Å². The van der Waals surface area contributed by atoms with Crippen molar-refractivity contribution in [3.05, 3.63) is 89.4 Å². The lowest BCUT2D eigenvalue weighted by atomic mass is 10.2. The number of hydrogen-bond donors (Lipinski definition) is 0. The summed E-state index contributed by atoms with van der Waals surface area (Å²) in [5, 5.41) is 4.74. The number of halogens is 1. The molecule has 4 rings (SSSR count). The van der Waals surface area contributed by atoms with Gasteiger partial charge < -0.3 is 9.26 Å². The van der Waals surface area contributed by atoms with Crippen LogP contribution in [0.4, 0.5) is 0 Å². The van der Waals surface area contributed by atoms with E-state index in [4.69, 9.17) is 20.9 Å². The smallest absolute Gasteiger partial charge is 0.258 e. The SMILES string of the molecule is Clc1ccccc1COc1ccc(-c2nc(-c3ccccc3)no2)cc1. The fraction of sp³-hybridized carbons (Fsp3) is 0.0476. The molecule has 0 unspecified atom stereocenters. The summed E-state index contributed by atoms with van der Waals surface area (Å²) in [5.41, 5.74) is 2.70. The van der Waals surface area contributed by atoms with Crippen molar-refractivity contribution < 1.29 is 9.26 Å². The maximum Gasteiger partial charge on any atom is 0.258 e. The van der Waals surface area contributed by atoms with Crippen molar-refractivity contribution in [1.82, 2.24) is 10.1 Å². The average Bonchev–Trinajstić information content (AvgIpc) is 3.19. The molecule has 0 atom stereocenters. The van der Waals surface area contributed by atoms with Crippen molar-refractivity contribution in [1.29, 1.82) is 0 Å². The van der Waals surface area contributed by atoms with Gasteiger partial charge in [-0.15, -0.1) is 0 Å². The lowest BCUT2D eigenvalue weighted by molar-refractivity contribution is 0.306. The highest BCUT2D eigenvalue weighted by atomic mass is 35.5. The van der Waals surface area contributed by atoms with Crippen molar-refractivity contribution in [3.8, 4) is 28.6 Å². The van der Waals surface area contributed by atoms with E-state index >= 15 is 0 Å². The van der Waals surface area contributed by atoms with E-state index in [0.717, 1.165) is 22.4 Å². The highest BCUT2D eigenvalue weighted by molar-refractivity contribution is 6.31. The van der Waals surface area contributed by atoms with E-state index in [1.54, 1.807) is 0 Å². The van der Waals surface area contributed by atoms with Gasteiger partial charge in [0, 0.05) is 21.7 Å². The summed E-state index contributed by atoms with van der Waals surface area (Å²) >= 11 is 6.14. The van der Waals surface area contributed by atoms with Crippen molar-refractivity contribution >= 4 is 11.6 Å². The maximum absolute atomic E-state index is 6.14. The first-order valence-electron chi connectivity index (χ1n) is 8.15. The van der Waals surface area contributed by atoms with Gasteiger partial charge in [0.15, 0.2) is 0 Å². The summed E-state index contributed by atoms with van der Waals surface area (Å²) in [6.45, 7) is 0.414. The molecule has 0 saturated carbocycles. The van der Waals surface area contributed by atoms with Crippen molar-refractivity contribution in [3.63, 3.8) is 0 Å². The predicted molar refractivity (Wildman–Crippen MR) is 101 cm³/mol. The van der Waals surface area contributed by atoms with Crippen LogP contribution in [-0.2, 0) is 6.61 Å². The zero-order valence-corrected chi connectivity index (χ0v) is 14.6. The van der Waals surface area contributed by atoms with E-state index in [1.807, 2.05) is 78.9 Å². The highest BCUT2D eigenvalue weighted by Crippen LogP contribution is 2.25. The first kappa shape index (κ1) is 16.4. The van der Waals surface area contributed by atoms with Crippen LogP contribution in [0.25, 0.3) is 22.8 Å². The summed E-state index contributed by atoms with van der Waals surface area (Å²) in [4.78, 5) is 4.45. The molecule has 1 aromatic heterocycles. The lowest BCUT2D eigenvalue weighted by Gasteiger charge is -2.07. The van der Waals surface area contributed by atoms with E-state index < -0.39 is 0 Å². The van der Waals surface area contributed by atoms with Gasteiger partial charge in [0.1, 0.15) is 12.4 Å². The quantitative estimate of drug-likeness (QED) is 0.461. The number of aromatic nitrogens is 2. The fourth-order valence-corrected chi connectivity index (χ4v) is 2.71. The predicted octanol–water partition coefficient (Wildman–Crippen LogP) is 5.64. The molecule has 0 aliphatic rings. The van der Waals surface area contributed by atoms with E-state index in [-0.39, 0.29) is 0 Å². The Morgan fingerprint density at radius 3 is 2.31 bits per heavy atom. The number of ether oxygens (including phenoxy) is 1. The maximum atomic E-state index is 6.14. The van der Waals surface area contributed by atoms with E-state index in [0.29, 0.717) is 23.3 Å². The zero-order chi connectivity index (χ0) is 17.8. The Morgan fingerprint density at radius 2 is 1.54 bits per heavy atom. The van der Waals surface area contributed by atoms with Crippen LogP contribution in [0.1, 0.15) is 5.56 Å². The molecule has 3 aromatic carbocycles. The van der Waals surface area contributed by atoms with Gasteiger partial charge in [-0.2, -0.15) is 4.98 Å². The Balaban J connectivity index is 1.46. The Hall–Kier alpha value is -3.11. The molecule has 128 valence electrons. The molecule has 0 aliphatic carbocycles. The Morgan fingerprint density at radius 1 is 0.808 bits per heavy atom. The van der Waals surface area contributed by atoms with Gasteiger partial charge in [-0.3, -0.25) is 0 Å². The second-order valence-electron chi connectivity index (χ2n) is 5.69. The van der Waals surface area contributed by atoms with E-state index in [9.17, 15) is 0 Å². The number of rotatable bonds is 5. The number of nitrogens with zero attached hydrogens (tertiary/aromatic N) is 2. The minimum Gasteiger partial charge on any atom is -0.489 e. The average molecular weight is 363 g/mol. The Labute approximate surface area is 156 Å². The molecule has 0 bridgehead atoms. The molecule has 0 amide bonds. The molecular formula is C21H15ClN2O2. The minimum atomic E-state index is 0.414. The van der Waals surface area contributed by atoms with Gasteiger partial charge in [-0.1, -0.05) is 65.3 Å². The molecule has 4 aromatic rings. The summed E-state index contributed by atoms with van der Waals surface area (Å²) < 4.78 is 11.2. The van der Waals surface area contributed by atoms with Gasteiger partial charge >= 0.3 is 0 Å². The standard InChI is InChI=1S/C21H15ClN2O2/c22-19-9-5-4-8-17(19)14-25-18-12-10-16(11-13-18)21-23-20(24-26-21)15-6-2-1-3-7-15/h1-13H,14H2. The third-order valence-electron chi connectivity index (χ3n) is 3.91. The molecule has 5 heteroatoms. The van der Waals surface area contributed by atoms with Crippen LogP contribution < -0.4 is 4.74 Å². The molecular weight excluding hydrogens is 348 g/mol. The van der Waals surface area contributed by atoms with Gasteiger partial charge in [0.05, 0.1) is 0 Å². The number of hydrogen-bond acceptors (Lipinski definition) is 4. The molecule has 4 nitrogen and oxygen atoms in total. The summed E-state index contributed by atoms with van der Waals surface area (Å²) in [5.74, 6) is 1.79. The van der Waals surface area contributed by atoms with Gasteiger partial charge in [-0.05, 0) is 30.3 Å². The van der Waals surface area contributed by atoms with Crippen LogP contribution in [0, 0.1) is 0 Å². The largest absolute Gasteiger partial charge is 0.489 e. The first-order valence-corrected chi connectivity index (χ1v) is 8.53. The normalized spacial score (nSPS) is 10.7. The molecule has 0 spiro atoms. The minimum absolute atomic E-state index is 0.414. The van der Waals surface area contributed by atoms with Crippen molar-refractivity contribution in [2.24, 2.45) is 0 Å². The van der Waals surface area contributed by atoms with Crippen LogP contribution in [0.15, 0.2) is 83.4 Å². The second-order valence-corrected chi connectivity index (χ2v) is 6.10. The van der Waals surface area contributed by atoms with Gasteiger partial charge in [0.2, 0.25) is 5.82 Å². The first-order chi connectivity index (χ1) is 12.8. The highest BCUT2D eigenvalue weighted by Gasteiger charge is 2.10. The molecule has 1 heterocycles. The Kier molecular flexibility index (Phi) is 4.67. The molecule has 0 radical (unpaired) electrons. The van der Waals surface area contributed by atoms with E-state index in [1.165, 1.54) is 0 Å². The third kappa shape index (κ3) is 3.60. The van der Waals surface area contributed by atoms with Crippen LogP contribution in [-0.4, -0.2) is 10.1 Å². The van der Waals surface area contributed by atoms with Crippen LogP contribution in [0.3, 0.4) is 0 Å². The molecule has 26 heavy (non-hydrogen) atoms. The van der Waals surface area contributed by atoms with Crippen LogP contribution >= 0.6 is 11.6 Å². The molecule has 0 saturated heterocycles. The third-order valence-corrected chi connectivity index (χ3v) is 4.28. The summed E-state index contributed by atoms with van der Waals surface area (Å²) in [6.07, 6.45) is 0. The monoisotopic (exact) mass is 362 g/mol. The number of benzene rings is 3. The topological polar surface area (TPSA) is 48.2 Å². The molecule has 0 N–H and O–H groups in total. The van der Waals surface area contributed by atoms with Crippen LogP contribution in [0.2, 0.25) is 5.02 Å². The Bertz CT molecular complexity index is 998. The van der Waals surface area contributed by atoms with E-state index in [2.05, 4.69) is 10.1 Å². The lowest BCUT2D eigenvalue weighted by Crippen LogP contribution is -1.95. The molecule has 0 fully saturated rings. The zero-order valence-electron chi connectivity index (χ0n) is 13.8. The van der Waals surface area contributed by atoms with Gasteiger partial charge in [0.25, 0.3) is 5.89 Å². The van der Waals surface area contributed by atoms with Crippen molar-refractivity contribution in [2.45, 2.75) is 6.61 Å². The fourth-order valence-electron chi connectivity index (χ4n) is 2.52. The summed E-state index contributed by atoms with van der Waals surface area (Å²) in [6, 6.07) is 24.9. The molecule has 0 aliphatic heterocycles.